The van der Waals surface area contributed by atoms with E-state index in [1.54, 1.807) is 6.07 Å². The molecule has 2 aromatic carbocycles. The van der Waals surface area contributed by atoms with Crippen molar-refractivity contribution < 1.29 is 9.13 Å². The van der Waals surface area contributed by atoms with Crippen molar-refractivity contribution in [1.29, 1.82) is 0 Å². The fraction of sp³-hybridized carbons (Fsp3) is 0.250. The van der Waals surface area contributed by atoms with Crippen molar-refractivity contribution in [2.24, 2.45) is 0 Å². The Morgan fingerprint density at radius 2 is 2.05 bits per heavy atom. The Balaban J connectivity index is 2.19. The first-order valence-electron chi connectivity index (χ1n) is 6.54. The minimum atomic E-state index is -0.289. The summed E-state index contributed by atoms with van der Waals surface area (Å²) in [5, 5.41) is 3.82. The van der Waals surface area contributed by atoms with Crippen LogP contribution < -0.4 is 10.1 Å². The Hall–Kier alpha value is -1.10. The van der Waals surface area contributed by atoms with Gasteiger partial charge in [-0.15, -0.1) is 0 Å². The molecule has 21 heavy (non-hydrogen) atoms. The average molecular weight is 373 g/mol. The fourth-order valence-electron chi connectivity index (χ4n) is 2.00. The van der Waals surface area contributed by atoms with E-state index in [0.29, 0.717) is 16.1 Å². The molecule has 0 aliphatic heterocycles. The van der Waals surface area contributed by atoms with Crippen LogP contribution >= 0.6 is 27.5 Å². The lowest BCUT2D eigenvalue weighted by Gasteiger charge is -2.17. The molecule has 0 aromatic heterocycles. The molecule has 2 rings (SSSR count). The Kier molecular flexibility index (Phi) is 5.62. The van der Waals surface area contributed by atoms with Crippen molar-refractivity contribution in [2.45, 2.75) is 19.6 Å². The molecule has 1 unspecified atom stereocenters. The van der Waals surface area contributed by atoms with Gasteiger partial charge >= 0.3 is 0 Å². The Bertz CT molecular complexity index is 615. The van der Waals surface area contributed by atoms with Gasteiger partial charge in [-0.2, -0.15) is 0 Å². The molecule has 0 aliphatic rings. The van der Waals surface area contributed by atoms with Gasteiger partial charge in [0.25, 0.3) is 0 Å². The van der Waals surface area contributed by atoms with Crippen LogP contribution in [0.5, 0.6) is 5.75 Å². The van der Waals surface area contributed by atoms with Gasteiger partial charge in [0.1, 0.15) is 18.2 Å². The molecule has 0 saturated heterocycles. The van der Waals surface area contributed by atoms with Gasteiger partial charge in [0.2, 0.25) is 0 Å². The molecule has 0 bridgehead atoms. The van der Waals surface area contributed by atoms with Crippen LogP contribution in [-0.4, -0.2) is 7.05 Å². The SMILES string of the molecule is CNC(C)c1cc(Cl)ccc1OCc1cc(F)cc(Br)c1. The van der Waals surface area contributed by atoms with Crippen LogP contribution in [-0.2, 0) is 6.61 Å². The van der Waals surface area contributed by atoms with Gasteiger partial charge in [0.05, 0.1) is 0 Å². The molecule has 0 heterocycles. The summed E-state index contributed by atoms with van der Waals surface area (Å²) in [5.41, 5.74) is 1.74. The predicted molar refractivity (Wildman–Crippen MR) is 87.4 cm³/mol. The van der Waals surface area contributed by atoms with Crippen LogP contribution in [0, 0.1) is 5.82 Å². The first-order valence-corrected chi connectivity index (χ1v) is 7.71. The van der Waals surface area contributed by atoms with E-state index in [4.69, 9.17) is 16.3 Å². The number of nitrogens with one attached hydrogen (secondary N) is 1. The molecular formula is C16H16BrClFNO. The van der Waals surface area contributed by atoms with E-state index >= 15 is 0 Å². The summed E-state index contributed by atoms with van der Waals surface area (Å²) < 4.78 is 19.9. The second-order valence-electron chi connectivity index (χ2n) is 4.76. The molecule has 0 radical (unpaired) electrons. The van der Waals surface area contributed by atoms with Crippen molar-refractivity contribution in [3.63, 3.8) is 0 Å². The number of hydrogen-bond donors (Lipinski definition) is 1. The lowest BCUT2D eigenvalue weighted by molar-refractivity contribution is 0.299. The van der Waals surface area contributed by atoms with E-state index in [0.717, 1.165) is 16.9 Å². The number of benzene rings is 2. The third-order valence-corrected chi connectivity index (χ3v) is 3.88. The lowest BCUT2D eigenvalue weighted by atomic mass is 10.1. The van der Waals surface area contributed by atoms with Crippen LogP contribution in [0.25, 0.3) is 0 Å². The van der Waals surface area contributed by atoms with Gasteiger partial charge in [0, 0.05) is 21.1 Å². The van der Waals surface area contributed by atoms with E-state index in [1.165, 1.54) is 12.1 Å². The number of ether oxygens (including phenoxy) is 1. The van der Waals surface area contributed by atoms with Crippen LogP contribution in [0.4, 0.5) is 4.39 Å². The van der Waals surface area contributed by atoms with Crippen LogP contribution in [0.3, 0.4) is 0 Å². The van der Waals surface area contributed by atoms with Gasteiger partial charge < -0.3 is 10.1 Å². The quantitative estimate of drug-likeness (QED) is 0.788. The van der Waals surface area contributed by atoms with E-state index in [9.17, 15) is 4.39 Å². The highest BCUT2D eigenvalue weighted by molar-refractivity contribution is 9.10. The summed E-state index contributed by atoms with van der Waals surface area (Å²) in [6.07, 6.45) is 0. The van der Waals surface area contributed by atoms with Gasteiger partial charge in [-0.25, -0.2) is 4.39 Å². The molecule has 1 N–H and O–H groups in total. The maximum atomic E-state index is 13.4. The molecule has 2 nitrogen and oxygen atoms in total. The van der Waals surface area contributed by atoms with Crippen molar-refractivity contribution in [2.75, 3.05) is 7.05 Å². The topological polar surface area (TPSA) is 21.3 Å². The predicted octanol–water partition coefficient (Wildman–Crippen LogP) is 5.10. The van der Waals surface area contributed by atoms with E-state index in [-0.39, 0.29) is 11.9 Å². The first kappa shape index (κ1) is 16.3. The Morgan fingerprint density at radius 1 is 1.29 bits per heavy atom. The Labute approximate surface area is 137 Å². The zero-order valence-electron chi connectivity index (χ0n) is 11.8. The standard InChI is InChI=1S/C16H16BrClFNO/c1-10(20-2)15-8-13(18)3-4-16(15)21-9-11-5-12(17)7-14(19)6-11/h3-8,10,20H,9H2,1-2H3. The highest BCUT2D eigenvalue weighted by Crippen LogP contribution is 2.29. The van der Waals surface area contributed by atoms with Crippen molar-refractivity contribution in [3.8, 4) is 5.75 Å². The summed E-state index contributed by atoms with van der Waals surface area (Å²) >= 11 is 9.31. The van der Waals surface area contributed by atoms with Gasteiger partial charge in [-0.05, 0) is 55.9 Å². The lowest BCUT2D eigenvalue weighted by Crippen LogP contribution is -2.13. The maximum Gasteiger partial charge on any atom is 0.124 e. The number of hydrogen-bond acceptors (Lipinski definition) is 2. The summed E-state index contributed by atoms with van der Waals surface area (Å²) in [5.74, 6) is 0.449. The minimum absolute atomic E-state index is 0.109. The average Bonchev–Trinajstić information content (AvgIpc) is 2.44. The molecule has 0 amide bonds. The molecule has 5 heteroatoms. The van der Waals surface area contributed by atoms with Crippen molar-refractivity contribution in [3.05, 3.63) is 62.8 Å². The zero-order valence-corrected chi connectivity index (χ0v) is 14.1. The molecule has 0 aliphatic carbocycles. The highest BCUT2D eigenvalue weighted by Gasteiger charge is 2.11. The zero-order chi connectivity index (χ0) is 15.4. The smallest absolute Gasteiger partial charge is 0.124 e. The summed E-state index contributed by atoms with van der Waals surface area (Å²) in [7, 11) is 1.87. The summed E-state index contributed by atoms with van der Waals surface area (Å²) in [6.45, 7) is 2.32. The minimum Gasteiger partial charge on any atom is -0.489 e. The van der Waals surface area contributed by atoms with Crippen molar-refractivity contribution >= 4 is 27.5 Å². The second-order valence-corrected chi connectivity index (χ2v) is 6.11. The maximum absolute atomic E-state index is 13.4. The van der Waals surface area contributed by atoms with E-state index in [1.807, 2.05) is 32.2 Å². The van der Waals surface area contributed by atoms with Crippen LogP contribution in [0.2, 0.25) is 5.02 Å². The summed E-state index contributed by atoms with van der Waals surface area (Å²) in [4.78, 5) is 0. The molecular weight excluding hydrogens is 357 g/mol. The fourth-order valence-corrected chi connectivity index (χ4v) is 2.69. The molecule has 0 saturated carbocycles. The molecule has 0 spiro atoms. The molecule has 1 atom stereocenters. The van der Waals surface area contributed by atoms with Crippen LogP contribution in [0.1, 0.15) is 24.1 Å². The van der Waals surface area contributed by atoms with Gasteiger partial charge in [0.15, 0.2) is 0 Å². The highest BCUT2D eigenvalue weighted by atomic mass is 79.9. The Morgan fingerprint density at radius 3 is 2.71 bits per heavy atom. The second kappa shape index (κ2) is 7.25. The van der Waals surface area contributed by atoms with Gasteiger partial charge in [-0.3, -0.25) is 0 Å². The number of rotatable bonds is 5. The molecule has 2 aromatic rings. The first-order chi connectivity index (χ1) is 9.99. The molecule has 0 fully saturated rings. The number of halogens is 3. The van der Waals surface area contributed by atoms with E-state index in [2.05, 4.69) is 21.2 Å². The third-order valence-electron chi connectivity index (χ3n) is 3.19. The molecule has 112 valence electrons. The van der Waals surface area contributed by atoms with E-state index < -0.39 is 0 Å². The normalized spacial score (nSPS) is 12.2. The van der Waals surface area contributed by atoms with Gasteiger partial charge in [-0.1, -0.05) is 27.5 Å². The monoisotopic (exact) mass is 371 g/mol. The van der Waals surface area contributed by atoms with Crippen LogP contribution in [0.15, 0.2) is 40.9 Å². The summed E-state index contributed by atoms with van der Waals surface area (Å²) in [6, 6.07) is 10.3. The van der Waals surface area contributed by atoms with Crippen molar-refractivity contribution in [1.82, 2.24) is 5.32 Å². The third kappa shape index (κ3) is 4.43. The largest absolute Gasteiger partial charge is 0.489 e.